The summed E-state index contributed by atoms with van der Waals surface area (Å²) in [6.07, 6.45) is 3.23. The van der Waals surface area contributed by atoms with Crippen molar-refractivity contribution >= 4 is 17.3 Å². The zero-order valence-corrected chi connectivity index (χ0v) is 10.9. The third-order valence-electron chi connectivity index (χ3n) is 3.80. The Kier molecular flexibility index (Phi) is 3.42. The molecule has 0 aliphatic heterocycles. The van der Waals surface area contributed by atoms with Crippen molar-refractivity contribution in [2.24, 2.45) is 0 Å². The van der Waals surface area contributed by atoms with Crippen LogP contribution in [0.1, 0.15) is 35.2 Å². The van der Waals surface area contributed by atoms with Crippen molar-refractivity contribution in [3.8, 4) is 0 Å². The molecular formula is C13H16N2O4. The molecule has 1 aromatic rings. The molecule has 0 saturated heterocycles. The van der Waals surface area contributed by atoms with E-state index in [1.807, 2.05) is 11.9 Å². The molecule has 0 spiro atoms. The van der Waals surface area contributed by atoms with E-state index in [1.54, 1.807) is 6.92 Å². The Balaban J connectivity index is 2.51. The van der Waals surface area contributed by atoms with Crippen molar-refractivity contribution < 1.29 is 14.8 Å². The summed E-state index contributed by atoms with van der Waals surface area (Å²) < 4.78 is 0. The van der Waals surface area contributed by atoms with Crippen LogP contribution in [0.2, 0.25) is 0 Å². The minimum atomic E-state index is -1.15. The third kappa shape index (κ3) is 2.38. The molecule has 1 aliphatic rings. The lowest BCUT2D eigenvalue weighted by Gasteiger charge is -2.37. The first-order valence-electron chi connectivity index (χ1n) is 6.17. The van der Waals surface area contributed by atoms with Gasteiger partial charge >= 0.3 is 5.97 Å². The number of carbonyl (C=O) groups is 1. The molecular weight excluding hydrogens is 248 g/mol. The molecule has 6 heteroatoms. The van der Waals surface area contributed by atoms with Gasteiger partial charge in [-0.15, -0.1) is 0 Å². The number of carboxylic acid groups (broad SMARTS) is 1. The summed E-state index contributed by atoms with van der Waals surface area (Å²) in [5.41, 5.74) is 0.972. The first kappa shape index (κ1) is 13.3. The molecule has 0 bridgehead atoms. The Morgan fingerprint density at radius 2 is 2.11 bits per heavy atom. The Labute approximate surface area is 110 Å². The van der Waals surface area contributed by atoms with E-state index in [4.69, 9.17) is 5.11 Å². The number of hydrogen-bond donors (Lipinski definition) is 1. The molecule has 1 aliphatic carbocycles. The van der Waals surface area contributed by atoms with Crippen molar-refractivity contribution in [2.75, 3.05) is 11.9 Å². The molecule has 19 heavy (non-hydrogen) atoms. The van der Waals surface area contributed by atoms with Gasteiger partial charge in [0.2, 0.25) is 0 Å². The summed E-state index contributed by atoms with van der Waals surface area (Å²) in [5, 5.41) is 20.1. The number of nitro groups is 1. The van der Waals surface area contributed by atoms with Crippen LogP contribution in [0.25, 0.3) is 0 Å². The van der Waals surface area contributed by atoms with Crippen LogP contribution in [0.3, 0.4) is 0 Å². The van der Waals surface area contributed by atoms with E-state index < -0.39 is 10.9 Å². The van der Waals surface area contributed by atoms with Crippen molar-refractivity contribution in [3.05, 3.63) is 33.4 Å². The SMILES string of the molecule is Cc1c(N(C)C2CCC2)cc(C(=O)O)cc1[N+](=O)[O-]. The van der Waals surface area contributed by atoms with Crippen LogP contribution in [0.5, 0.6) is 0 Å². The van der Waals surface area contributed by atoms with Gasteiger partial charge in [-0.2, -0.15) is 0 Å². The quantitative estimate of drug-likeness (QED) is 0.667. The number of nitrogens with zero attached hydrogens (tertiary/aromatic N) is 2. The standard InChI is InChI=1S/C13H16N2O4/c1-8-11(14(2)10-4-3-5-10)6-9(13(16)17)7-12(8)15(18)19/h6-7,10H,3-5H2,1-2H3,(H,16,17). The molecule has 1 aromatic carbocycles. The smallest absolute Gasteiger partial charge is 0.336 e. The summed E-state index contributed by atoms with van der Waals surface area (Å²) in [7, 11) is 1.86. The van der Waals surface area contributed by atoms with Crippen molar-refractivity contribution in [2.45, 2.75) is 32.2 Å². The number of rotatable bonds is 4. The van der Waals surface area contributed by atoms with E-state index in [1.165, 1.54) is 6.07 Å². The fourth-order valence-electron chi connectivity index (χ4n) is 2.33. The van der Waals surface area contributed by atoms with Crippen LogP contribution < -0.4 is 4.90 Å². The van der Waals surface area contributed by atoms with Crippen LogP contribution in [0.4, 0.5) is 11.4 Å². The monoisotopic (exact) mass is 264 g/mol. The van der Waals surface area contributed by atoms with Gasteiger partial charge < -0.3 is 10.0 Å². The summed E-state index contributed by atoms with van der Waals surface area (Å²) in [4.78, 5) is 23.5. The second-order valence-electron chi connectivity index (χ2n) is 4.90. The lowest BCUT2D eigenvalue weighted by Crippen LogP contribution is -2.37. The Morgan fingerprint density at radius 3 is 2.53 bits per heavy atom. The third-order valence-corrected chi connectivity index (χ3v) is 3.80. The lowest BCUT2D eigenvalue weighted by molar-refractivity contribution is -0.385. The summed E-state index contributed by atoms with van der Waals surface area (Å²) >= 11 is 0. The number of carboxylic acids is 1. The van der Waals surface area contributed by atoms with Gasteiger partial charge in [-0.05, 0) is 32.3 Å². The van der Waals surface area contributed by atoms with Gasteiger partial charge in [-0.25, -0.2) is 4.79 Å². The van der Waals surface area contributed by atoms with Crippen LogP contribution in [0.15, 0.2) is 12.1 Å². The van der Waals surface area contributed by atoms with E-state index >= 15 is 0 Å². The van der Waals surface area contributed by atoms with Crippen molar-refractivity contribution in [3.63, 3.8) is 0 Å². The average molecular weight is 264 g/mol. The fraction of sp³-hybridized carbons (Fsp3) is 0.462. The first-order valence-corrected chi connectivity index (χ1v) is 6.17. The second-order valence-corrected chi connectivity index (χ2v) is 4.90. The van der Waals surface area contributed by atoms with Crippen LogP contribution in [0, 0.1) is 17.0 Å². The second kappa shape index (κ2) is 4.87. The predicted molar refractivity (Wildman–Crippen MR) is 70.8 cm³/mol. The summed E-state index contributed by atoms with van der Waals surface area (Å²) in [6, 6.07) is 2.99. The molecule has 1 N–H and O–H groups in total. The van der Waals surface area contributed by atoms with E-state index in [2.05, 4.69) is 0 Å². The van der Waals surface area contributed by atoms with Crippen LogP contribution >= 0.6 is 0 Å². The maximum Gasteiger partial charge on any atom is 0.336 e. The average Bonchev–Trinajstić information content (AvgIpc) is 2.25. The topological polar surface area (TPSA) is 83.7 Å². The van der Waals surface area contributed by atoms with Crippen LogP contribution in [-0.4, -0.2) is 29.1 Å². The minimum Gasteiger partial charge on any atom is -0.478 e. The zero-order chi connectivity index (χ0) is 14.2. The molecule has 2 rings (SSSR count). The van der Waals surface area contributed by atoms with Gasteiger partial charge in [0.1, 0.15) is 0 Å². The molecule has 0 radical (unpaired) electrons. The molecule has 0 aromatic heterocycles. The Hall–Kier alpha value is -2.11. The van der Waals surface area contributed by atoms with Gasteiger partial charge in [-0.3, -0.25) is 10.1 Å². The highest BCUT2D eigenvalue weighted by Crippen LogP contribution is 2.34. The Morgan fingerprint density at radius 1 is 1.47 bits per heavy atom. The maximum atomic E-state index is 11.1. The number of aromatic carboxylic acids is 1. The van der Waals surface area contributed by atoms with Gasteiger partial charge in [0.15, 0.2) is 0 Å². The zero-order valence-electron chi connectivity index (χ0n) is 10.9. The number of hydrogen-bond acceptors (Lipinski definition) is 4. The highest BCUT2D eigenvalue weighted by Gasteiger charge is 2.27. The van der Waals surface area contributed by atoms with E-state index in [0.29, 0.717) is 17.3 Å². The van der Waals surface area contributed by atoms with E-state index in [-0.39, 0.29) is 11.3 Å². The fourth-order valence-corrected chi connectivity index (χ4v) is 2.33. The van der Waals surface area contributed by atoms with Gasteiger partial charge in [0.05, 0.1) is 16.1 Å². The van der Waals surface area contributed by atoms with E-state index in [0.717, 1.165) is 25.3 Å². The van der Waals surface area contributed by atoms with E-state index in [9.17, 15) is 14.9 Å². The van der Waals surface area contributed by atoms with Crippen molar-refractivity contribution in [1.29, 1.82) is 0 Å². The number of nitro benzene ring substituents is 1. The van der Waals surface area contributed by atoms with Gasteiger partial charge in [0, 0.05) is 24.8 Å². The van der Waals surface area contributed by atoms with Gasteiger partial charge in [0.25, 0.3) is 5.69 Å². The predicted octanol–water partition coefficient (Wildman–Crippen LogP) is 2.59. The lowest BCUT2D eigenvalue weighted by atomic mass is 9.91. The normalized spacial score (nSPS) is 14.8. The molecule has 6 nitrogen and oxygen atoms in total. The minimum absolute atomic E-state index is 0.0431. The molecule has 102 valence electrons. The molecule has 1 saturated carbocycles. The molecule has 0 atom stereocenters. The highest BCUT2D eigenvalue weighted by molar-refractivity contribution is 5.90. The molecule has 0 unspecified atom stereocenters. The maximum absolute atomic E-state index is 11.1. The highest BCUT2D eigenvalue weighted by atomic mass is 16.6. The largest absolute Gasteiger partial charge is 0.478 e. The molecule has 0 amide bonds. The summed E-state index contributed by atoms with van der Waals surface area (Å²) in [5.74, 6) is -1.15. The number of benzene rings is 1. The van der Waals surface area contributed by atoms with Crippen LogP contribution in [-0.2, 0) is 0 Å². The first-order chi connectivity index (χ1) is 8.91. The summed E-state index contributed by atoms with van der Waals surface area (Å²) in [6.45, 7) is 1.66. The van der Waals surface area contributed by atoms with Gasteiger partial charge in [-0.1, -0.05) is 0 Å². The molecule has 0 heterocycles. The molecule has 1 fully saturated rings. The van der Waals surface area contributed by atoms with Crippen molar-refractivity contribution in [1.82, 2.24) is 0 Å². The Bertz CT molecular complexity index is 538. The number of anilines is 1.